The predicted octanol–water partition coefficient (Wildman–Crippen LogP) is 2.24. The van der Waals surface area contributed by atoms with Gasteiger partial charge in [-0.1, -0.05) is 0 Å². The first-order valence-corrected chi connectivity index (χ1v) is 4.07. The lowest BCUT2D eigenvalue weighted by Gasteiger charge is -2.04. The van der Waals surface area contributed by atoms with Crippen molar-refractivity contribution in [3.05, 3.63) is 30.2 Å². The number of furan rings is 1. The second kappa shape index (κ2) is 4.50. The Hall–Kier alpha value is -1.51. The van der Waals surface area contributed by atoms with Crippen LogP contribution in [0.15, 0.2) is 28.9 Å². The molecule has 3 heteroatoms. The summed E-state index contributed by atoms with van der Waals surface area (Å²) in [6, 6.07) is 3.63. The lowest BCUT2D eigenvalue weighted by molar-refractivity contribution is -0.143. The highest BCUT2D eigenvalue weighted by molar-refractivity contribution is 5.66. The van der Waals surface area contributed by atoms with Gasteiger partial charge in [-0.15, -0.1) is 0 Å². The summed E-state index contributed by atoms with van der Waals surface area (Å²) in [5, 5.41) is 0. The topological polar surface area (TPSA) is 39.4 Å². The number of esters is 1. The molecule has 0 aromatic carbocycles. The zero-order chi connectivity index (χ0) is 9.68. The fourth-order valence-electron chi connectivity index (χ4n) is 0.918. The standard InChI is InChI=1S/C10H12O3/c1-8(13-9(2)11)5-6-10-4-3-7-12-10/h3-8H,1-2H3/b6-5+. The molecule has 1 aromatic rings. The van der Waals surface area contributed by atoms with Gasteiger partial charge >= 0.3 is 5.97 Å². The number of rotatable bonds is 3. The van der Waals surface area contributed by atoms with Crippen molar-refractivity contribution in [3.63, 3.8) is 0 Å². The van der Waals surface area contributed by atoms with E-state index >= 15 is 0 Å². The third kappa shape index (κ3) is 3.60. The number of carbonyl (C=O) groups excluding carboxylic acids is 1. The summed E-state index contributed by atoms with van der Waals surface area (Å²) in [6.45, 7) is 3.18. The number of carbonyl (C=O) groups is 1. The van der Waals surface area contributed by atoms with Crippen molar-refractivity contribution in [2.24, 2.45) is 0 Å². The monoisotopic (exact) mass is 180 g/mol. The first-order chi connectivity index (χ1) is 6.18. The molecule has 1 rings (SSSR count). The molecule has 0 fully saturated rings. The third-order valence-electron chi connectivity index (χ3n) is 1.43. The molecule has 0 spiro atoms. The Bertz CT molecular complexity index is 285. The fraction of sp³-hybridized carbons (Fsp3) is 0.300. The molecule has 0 aliphatic rings. The van der Waals surface area contributed by atoms with E-state index in [0.717, 1.165) is 5.76 Å². The number of hydrogen-bond donors (Lipinski definition) is 0. The molecule has 0 aliphatic carbocycles. The first kappa shape index (κ1) is 9.58. The maximum atomic E-state index is 10.5. The molecule has 0 bridgehead atoms. The molecule has 0 amide bonds. The Balaban J connectivity index is 2.44. The Kier molecular flexibility index (Phi) is 3.31. The molecule has 3 nitrogen and oxygen atoms in total. The summed E-state index contributed by atoms with van der Waals surface area (Å²) < 4.78 is 9.94. The van der Waals surface area contributed by atoms with E-state index < -0.39 is 0 Å². The highest BCUT2D eigenvalue weighted by atomic mass is 16.5. The summed E-state index contributed by atoms with van der Waals surface area (Å²) in [4.78, 5) is 10.5. The van der Waals surface area contributed by atoms with E-state index in [2.05, 4.69) is 0 Å². The van der Waals surface area contributed by atoms with Gasteiger partial charge in [0.2, 0.25) is 0 Å². The van der Waals surface area contributed by atoms with Crippen LogP contribution in [0.25, 0.3) is 6.08 Å². The molecule has 1 aromatic heterocycles. The van der Waals surface area contributed by atoms with E-state index in [-0.39, 0.29) is 12.1 Å². The smallest absolute Gasteiger partial charge is 0.303 e. The van der Waals surface area contributed by atoms with Crippen molar-refractivity contribution < 1.29 is 13.9 Å². The van der Waals surface area contributed by atoms with E-state index in [1.54, 1.807) is 31.4 Å². The van der Waals surface area contributed by atoms with Gasteiger partial charge in [-0.2, -0.15) is 0 Å². The zero-order valence-corrected chi connectivity index (χ0v) is 7.69. The van der Waals surface area contributed by atoms with Crippen LogP contribution < -0.4 is 0 Å². The minimum absolute atomic E-state index is 0.220. The van der Waals surface area contributed by atoms with Gasteiger partial charge in [0.05, 0.1) is 6.26 Å². The van der Waals surface area contributed by atoms with Crippen LogP contribution in [0.3, 0.4) is 0 Å². The summed E-state index contributed by atoms with van der Waals surface area (Å²) in [7, 11) is 0. The average Bonchev–Trinajstić information content (AvgIpc) is 2.51. The lowest BCUT2D eigenvalue weighted by atomic mass is 10.3. The van der Waals surface area contributed by atoms with Crippen molar-refractivity contribution in [1.29, 1.82) is 0 Å². The molecule has 0 N–H and O–H groups in total. The zero-order valence-electron chi connectivity index (χ0n) is 7.69. The van der Waals surface area contributed by atoms with Crippen LogP contribution in [0.4, 0.5) is 0 Å². The normalized spacial score (nSPS) is 13.1. The minimum Gasteiger partial charge on any atom is -0.465 e. The van der Waals surface area contributed by atoms with Crippen molar-refractivity contribution in [1.82, 2.24) is 0 Å². The maximum absolute atomic E-state index is 10.5. The Morgan fingerprint density at radius 1 is 1.69 bits per heavy atom. The lowest BCUT2D eigenvalue weighted by Crippen LogP contribution is -2.08. The van der Waals surface area contributed by atoms with Crippen LogP contribution in [0.5, 0.6) is 0 Å². The van der Waals surface area contributed by atoms with Crippen LogP contribution in [-0.2, 0) is 9.53 Å². The molecule has 0 aliphatic heterocycles. The highest BCUT2D eigenvalue weighted by Crippen LogP contribution is 2.04. The molecule has 70 valence electrons. The third-order valence-corrected chi connectivity index (χ3v) is 1.43. The first-order valence-electron chi connectivity index (χ1n) is 4.07. The van der Waals surface area contributed by atoms with Gasteiger partial charge in [-0.25, -0.2) is 0 Å². The summed E-state index contributed by atoms with van der Waals surface area (Å²) in [5.41, 5.74) is 0. The van der Waals surface area contributed by atoms with Gasteiger partial charge in [0.15, 0.2) is 0 Å². The van der Waals surface area contributed by atoms with Crippen LogP contribution in [-0.4, -0.2) is 12.1 Å². The SMILES string of the molecule is CC(=O)OC(C)/C=C/c1ccco1. The van der Waals surface area contributed by atoms with Gasteiger partial charge in [0.25, 0.3) is 0 Å². The number of ether oxygens (including phenoxy) is 1. The van der Waals surface area contributed by atoms with Crippen molar-refractivity contribution in [2.75, 3.05) is 0 Å². The Morgan fingerprint density at radius 2 is 2.46 bits per heavy atom. The van der Waals surface area contributed by atoms with E-state index in [1.165, 1.54) is 6.92 Å². The maximum Gasteiger partial charge on any atom is 0.303 e. The van der Waals surface area contributed by atoms with Gasteiger partial charge in [-0.05, 0) is 31.2 Å². The van der Waals surface area contributed by atoms with Crippen LogP contribution in [0.2, 0.25) is 0 Å². The van der Waals surface area contributed by atoms with E-state index in [0.29, 0.717) is 0 Å². The molecule has 0 radical (unpaired) electrons. The highest BCUT2D eigenvalue weighted by Gasteiger charge is 1.99. The van der Waals surface area contributed by atoms with Crippen LogP contribution >= 0.6 is 0 Å². The van der Waals surface area contributed by atoms with Gasteiger partial charge < -0.3 is 9.15 Å². The molecule has 1 heterocycles. The molecular weight excluding hydrogens is 168 g/mol. The minimum atomic E-state index is -0.281. The van der Waals surface area contributed by atoms with E-state index in [1.807, 2.05) is 6.07 Å². The van der Waals surface area contributed by atoms with E-state index in [9.17, 15) is 4.79 Å². The Morgan fingerprint density at radius 3 is 3.00 bits per heavy atom. The average molecular weight is 180 g/mol. The molecule has 0 saturated heterocycles. The van der Waals surface area contributed by atoms with Gasteiger partial charge in [-0.3, -0.25) is 4.79 Å². The quantitative estimate of drug-likeness (QED) is 0.669. The molecule has 1 unspecified atom stereocenters. The van der Waals surface area contributed by atoms with E-state index in [4.69, 9.17) is 9.15 Å². The summed E-state index contributed by atoms with van der Waals surface area (Å²) in [5.74, 6) is 0.468. The van der Waals surface area contributed by atoms with Crippen LogP contribution in [0, 0.1) is 0 Å². The summed E-state index contributed by atoms with van der Waals surface area (Å²) >= 11 is 0. The number of hydrogen-bond acceptors (Lipinski definition) is 3. The fourth-order valence-corrected chi connectivity index (χ4v) is 0.918. The van der Waals surface area contributed by atoms with Gasteiger partial charge in [0.1, 0.15) is 11.9 Å². The second-order valence-corrected chi connectivity index (χ2v) is 2.69. The molecular formula is C10H12O3. The second-order valence-electron chi connectivity index (χ2n) is 2.69. The summed E-state index contributed by atoms with van der Waals surface area (Å²) in [6.07, 6.45) is 4.91. The molecule has 0 saturated carbocycles. The van der Waals surface area contributed by atoms with Crippen molar-refractivity contribution in [2.45, 2.75) is 20.0 Å². The van der Waals surface area contributed by atoms with Crippen molar-refractivity contribution >= 4 is 12.0 Å². The van der Waals surface area contributed by atoms with Gasteiger partial charge in [0, 0.05) is 6.92 Å². The largest absolute Gasteiger partial charge is 0.465 e. The van der Waals surface area contributed by atoms with Crippen molar-refractivity contribution in [3.8, 4) is 0 Å². The van der Waals surface area contributed by atoms with Crippen LogP contribution in [0.1, 0.15) is 19.6 Å². The Labute approximate surface area is 77.0 Å². The molecule has 13 heavy (non-hydrogen) atoms. The predicted molar refractivity (Wildman–Crippen MR) is 49.0 cm³/mol. The molecule has 1 atom stereocenters.